The van der Waals surface area contributed by atoms with E-state index in [0.717, 1.165) is 16.6 Å². The summed E-state index contributed by atoms with van der Waals surface area (Å²) in [4.78, 5) is 0. The predicted molar refractivity (Wildman–Crippen MR) is 64.0 cm³/mol. The van der Waals surface area contributed by atoms with Crippen LogP contribution in [0.2, 0.25) is 5.15 Å². The van der Waals surface area contributed by atoms with E-state index in [4.69, 9.17) is 11.6 Å². The van der Waals surface area contributed by atoms with E-state index in [0.29, 0.717) is 5.25 Å². The molecule has 1 atom stereocenters. The Balaban J connectivity index is 2.67. The molecule has 0 fully saturated rings. The summed E-state index contributed by atoms with van der Waals surface area (Å²) in [7, 11) is 1.88. The predicted octanol–water partition coefficient (Wildman–Crippen LogP) is 3.41. The Morgan fingerprint density at radius 2 is 2.21 bits per heavy atom. The average Bonchev–Trinajstić information content (AvgIpc) is 2.39. The van der Waals surface area contributed by atoms with E-state index in [-0.39, 0.29) is 0 Å². The third kappa shape index (κ3) is 2.67. The van der Waals surface area contributed by atoms with Crippen LogP contribution in [0.25, 0.3) is 0 Å². The maximum Gasteiger partial charge on any atom is 0.131 e. The minimum Gasteiger partial charge on any atom is -0.257 e. The number of halogens is 1. The lowest BCUT2D eigenvalue weighted by Crippen LogP contribution is -1.94. The van der Waals surface area contributed by atoms with Gasteiger partial charge in [0.2, 0.25) is 0 Å². The summed E-state index contributed by atoms with van der Waals surface area (Å²) in [6.07, 6.45) is 1.20. The van der Waals surface area contributed by atoms with E-state index in [1.54, 1.807) is 4.68 Å². The summed E-state index contributed by atoms with van der Waals surface area (Å²) < 4.78 is 1.74. The first kappa shape index (κ1) is 11.9. The van der Waals surface area contributed by atoms with Crippen LogP contribution in [-0.4, -0.2) is 15.0 Å². The zero-order valence-electron chi connectivity index (χ0n) is 9.17. The highest BCUT2D eigenvalue weighted by atomic mass is 35.5. The second kappa shape index (κ2) is 5.08. The molecule has 0 aliphatic rings. The van der Waals surface area contributed by atoms with Crippen molar-refractivity contribution in [2.45, 2.75) is 38.2 Å². The van der Waals surface area contributed by atoms with E-state index in [1.807, 2.05) is 25.7 Å². The van der Waals surface area contributed by atoms with Crippen LogP contribution in [0.3, 0.4) is 0 Å². The molecular weight excluding hydrogens is 216 g/mol. The molecule has 0 spiro atoms. The molecule has 80 valence electrons. The number of nitrogens with zero attached hydrogens (tertiary/aromatic N) is 2. The largest absolute Gasteiger partial charge is 0.257 e. The molecule has 14 heavy (non-hydrogen) atoms. The molecule has 0 saturated carbocycles. The second-order valence-corrected chi connectivity index (χ2v) is 5.29. The van der Waals surface area contributed by atoms with Gasteiger partial charge in [-0.3, -0.25) is 4.68 Å². The number of aromatic nitrogens is 2. The maximum absolute atomic E-state index is 6.13. The maximum atomic E-state index is 6.13. The molecule has 1 aromatic rings. The molecule has 0 radical (unpaired) electrons. The van der Waals surface area contributed by atoms with Crippen molar-refractivity contribution in [1.29, 1.82) is 0 Å². The Morgan fingerprint density at radius 1 is 1.57 bits per heavy atom. The van der Waals surface area contributed by atoms with Gasteiger partial charge in [-0.15, -0.1) is 0 Å². The minimum absolute atomic E-state index is 0.686. The molecule has 1 rings (SSSR count). The second-order valence-electron chi connectivity index (χ2n) is 3.51. The lowest BCUT2D eigenvalue weighted by atomic mass is 10.3. The van der Waals surface area contributed by atoms with Crippen LogP contribution in [0.4, 0.5) is 0 Å². The smallest absolute Gasteiger partial charge is 0.131 e. The van der Waals surface area contributed by atoms with Gasteiger partial charge in [0.15, 0.2) is 0 Å². The van der Waals surface area contributed by atoms with E-state index in [9.17, 15) is 0 Å². The van der Waals surface area contributed by atoms with Gasteiger partial charge in [-0.05, 0) is 13.3 Å². The molecule has 2 nitrogen and oxygen atoms in total. The molecule has 0 saturated heterocycles. The third-order valence-electron chi connectivity index (χ3n) is 2.36. The summed E-state index contributed by atoms with van der Waals surface area (Å²) in [5.41, 5.74) is 2.23. The van der Waals surface area contributed by atoms with E-state index < -0.39 is 0 Å². The molecule has 1 heterocycles. The van der Waals surface area contributed by atoms with Crippen molar-refractivity contribution < 1.29 is 0 Å². The Morgan fingerprint density at radius 3 is 2.64 bits per heavy atom. The average molecular weight is 233 g/mol. The van der Waals surface area contributed by atoms with Crippen LogP contribution in [0.1, 0.15) is 31.5 Å². The van der Waals surface area contributed by atoms with Gasteiger partial charge in [-0.2, -0.15) is 16.9 Å². The molecule has 0 amide bonds. The van der Waals surface area contributed by atoms with Crippen LogP contribution in [-0.2, 0) is 12.8 Å². The molecule has 0 N–H and O–H groups in total. The Hall–Kier alpha value is -0.150. The van der Waals surface area contributed by atoms with Crippen LogP contribution in [0.5, 0.6) is 0 Å². The fraction of sp³-hybridized carbons (Fsp3) is 0.700. The summed E-state index contributed by atoms with van der Waals surface area (Å²) in [5.74, 6) is 0.966. The number of thioether (sulfide) groups is 1. The lowest BCUT2D eigenvalue weighted by molar-refractivity contribution is 0.757. The Kier molecular flexibility index (Phi) is 4.32. The molecule has 0 aliphatic heterocycles. The fourth-order valence-corrected chi connectivity index (χ4v) is 2.53. The first-order valence-corrected chi connectivity index (χ1v) is 6.28. The van der Waals surface area contributed by atoms with Crippen molar-refractivity contribution in [2.75, 3.05) is 0 Å². The van der Waals surface area contributed by atoms with Gasteiger partial charge >= 0.3 is 0 Å². The van der Waals surface area contributed by atoms with Crippen molar-refractivity contribution in [2.24, 2.45) is 7.05 Å². The van der Waals surface area contributed by atoms with Crippen LogP contribution in [0, 0.1) is 6.92 Å². The summed E-state index contributed by atoms with van der Waals surface area (Å²) in [5, 5.41) is 5.75. The van der Waals surface area contributed by atoms with Crippen molar-refractivity contribution in [3.05, 3.63) is 16.4 Å². The van der Waals surface area contributed by atoms with E-state index in [2.05, 4.69) is 18.9 Å². The standard InChI is InChI=1S/C10H17ClN2S/c1-5-7(2)14-6-9-8(3)12-13(4)10(9)11/h7H,5-6H2,1-4H3. The first-order valence-electron chi connectivity index (χ1n) is 4.85. The van der Waals surface area contributed by atoms with E-state index in [1.165, 1.54) is 12.0 Å². The molecule has 1 unspecified atom stereocenters. The molecule has 0 bridgehead atoms. The summed E-state index contributed by atoms with van der Waals surface area (Å²) >= 11 is 8.06. The normalized spacial score (nSPS) is 13.2. The monoisotopic (exact) mass is 232 g/mol. The van der Waals surface area contributed by atoms with Gasteiger partial charge < -0.3 is 0 Å². The van der Waals surface area contributed by atoms with Gasteiger partial charge in [0.1, 0.15) is 5.15 Å². The van der Waals surface area contributed by atoms with Gasteiger partial charge in [0.05, 0.1) is 5.69 Å². The quantitative estimate of drug-likeness (QED) is 0.792. The minimum atomic E-state index is 0.686. The van der Waals surface area contributed by atoms with Crippen molar-refractivity contribution in [3.8, 4) is 0 Å². The zero-order valence-corrected chi connectivity index (χ0v) is 10.7. The number of hydrogen-bond donors (Lipinski definition) is 0. The van der Waals surface area contributed by atoms with Gasteiger partial charge in [0, 0.05) is 23.6 Å². The Labute approximate surface area is 95.0 Å². The van der Waals surface area contributed by atoms with E-state index >= 15 is 0 Å². The molecule has 1 aromatic heterocycles. The topological polar surface area (TPSA) is 17.8 Å². The highest BCUT2D eigenvalue weighted by Gasteiger charge is 2.11. The number of rotatable bonds is 4. The molecule has 0 aromatic carbocycles. The van der Waals surface area contributed by atoms with Crippen LogP contribution < -0.4 is 0 Å². The number of aryl methyl sites for hydroxylation is 2. The zero-order chi connectivity index (χ0) is 10.7. The van der Waals surface area contributed by atoms with Crippen molar-refractivity contribution in [1.82, 2.24) is 9.78 Å². The fourth-order valence-electron chi connectivity index (χ4n) is 1.18. The highest BCUT2D eigenvalue weighted by Crippen LogP contribution is 2.26. The van der Waals surface area contributed by atoms with Crippen molar-refractivity contribution in [3.63, 3.8) is 0 Å². The van der Waals surface area contributed by atoms with Crippen molar-refractivity contribution >= 4 is 23.4 Å². The third-order valence-corrected chi connectivity index (χ3v) is 4.19. The van der Waals surface area contributed by atoms with Crippen LogP contribution in [0.15, 0.2) is 0 Å². The molecular formula is C10H17ClN2S. The summed E-state index contributed by atoms with van der Waals surface area (Å²) in [6, 6.07) is 0. The van der Waals surface area contributed by atoms with Gasteiger partial charge in [-0.25, -0.2) is 0 Å². The van der Waals surface area contributed by atoms with Gasteiger partial charge in [0.25, 0.3) is 0 Å². The van der Waals surface area contributed by atoms with Gasteiger partial charge in [-0.1, -0.05) is 25.4 Å². The highest BCUT2D eigenvalue weighted by molar-refractivity contribution is 7.99. The molecule has 4 heteroatoms. The SMILES string of the molecule is CCC(C)SCc1c(C)nn(C)c1Cl. The lowest BCUT2D eigenvalue weighted by Gasteiger charge is -2.07. The Bertz CT molecular complexity index is 309. The number of hydrogen-bond acceptors (Lipinski definition) is 2. The first-order chi connectivity index (χ1) is 6.56. The van der Waals surface area contributed by atoms with Crippen LogP contribution >= 0.6 is 23.4 Å². The molecule has 0 aliphatic carbocycles. The summed E-state index contributed by atoms with van der Waals surface area (Å²) in [6.45, 7) is 6.46.